The fourth-order valence-corrected chi connectivity index (χ4v) is 2.01. The van der Waals surface area contributed by atoms with Crippen molar-refractivity contribution in [2.24, 2.45) is 11.3 Å². The van der Waals surface area contributed by atoms with Gasteiger partial charge in [0.2, 0.25) is 0 Å². The van der Waals surface area contributed by atoms with Crippen LogP contribution >= 0.6 is 0 Å². The van der Waals surface area contributed by atoms with Crippen LogP contribution in [0.4, 0.5) is 0 Å². The molecular formula is C14H25NO6. The molecule has 0 aliphatic heterocycles. The van der Waals surface area contributed by atoms with E-state index < -0.39 is 5.97 Å². The molecule has 21 heavy (non-hydrogen) atoms. The van der Waals surface area contributed by atoms with Crippen LogP contribution in [-0.4, -0.2) is 61.8 Å². The van der Waals surface area contributed by atoms with Crippen molar-refractivity contribution >= 4 is 18.9 Å². The molecule has 7 nitrogen and oxygen atoms in total. The fraction of sp³-hybridized carbons (Fsp3) is 0.786. The number of carbonyl (C=O) groups is 3. The minimum absolute atomic E-state index is 0.0243. The van der Waals surface area contributed by atoms with Crippen molar-refractivity contribution in [3.8, 4) is 0 Å². The first kappa shape index (κ1) is 19.4. The molecule has 0 aliphatic carbocycles. The number of carboxylic acid groups (broad SMARTS) is 1. The number of ether oxygens (including phenoxy) is 2. The zero-order valence-electron chi connectivity index (χ0n) is 12.9. The number of hydrogen-bond donors (Lipinski definition) is 1. The highest BCUT2D eigenvalue weighted by atomic mass is 16.5. The Morgan fingerprint density at radius 3 is 2.10 bits per heavy atom. The van der Waals surface area contributed by atoms with E-state index in [1.165, 1.54) is 0 Å². The molecule has 7 heteroatoms. The van der Waals surface area contributed by atoms with Crippen LogP contribution in [0.15, 0.2) is 0 Å². The minimum atomic E-state index is -0.885. The Balaban J connectivity index is 4.45. The molecule has 0 aromatic heterocycles. The average Bonchev–Trinajstić information content (AvgIpc) is 2.35. The lowest BCUT2D eigenvalue weighted by Gasteiger charge is -2.29. The molecule has 0 aliphatic rings. The molecule has 0 aromatic carbocycles. The quantitative estimate of drug-likeness (QED) is 0.532. The van der Waals surface area contributed by atoms with E-state index in [2.05, 4.69) is 0 Å². The summed E-state index contributed by atoms with van der Waals surface area (Å²) < 4.78 is 9.39. The second kappa shape index (κ2) is 10.1. The third kappa shape index (κ3) is 11.9. The van der Waals surface area contributed by atoms with E-state index in [1.54, 1.807) is 0 Å². The standard InChI is InChI=1S/C14H25NO6/c1-14(2,3)9-15(6-13(18)19)5-4-12(7-20-10-16)8-21-11-17/h10-12H,4-9H2,1-3H3,(H,18,19). The molecule has 0 rings (SSSR count). The molecule has 1 N–H and O–H groups in total. The summed E-state index contributed by atoms with van der Waals surface area (Å²) in [6.07, 6.45) is 0.574. The van der Waals surface area contributed by atoms with Crippen molar-refractivity contribution < 1.29 is 29.0 Å². The smallest absolute Gasteiger partial charge is 0.317 e. The van der Waals surface area contributed by atoms with Crippen molar-refractivity contribution in [1.82, 2.24) is 4.90 Å². The van der Waals surface area contributed by atoms with E-state index in [0.29, 0.717) is 32.5 Å². The number of hydrogen-bond acceptors (Lipinski definition) is 6. The van der Waals surface area contributed by atoms with Gasteiger partial charge < -0.3 is 14.6 Å². The molecule has 0 radical (unpaired) electrons. The van der Waals surface area contributed by atoms with Crippen LogP contribution in [0.3, 0.4) is 0 Å². The van der Waals surface area contributed by atoms with Crippen LogP contribution in [0.2, 0.25) is 0 Å². The summed E-state index contributed by atoms with van der Waals surface area (Å²) in [7, 11) is 0. The predicted molar refractivity (Wildman–Crippen MR) is 75.7 cm³/mol. The van der Waals surface area contributed by atoms with Crippen LogP contribution in [-0.2, 0) is 23.9 Å². The normalized spacial score (nSPS) is 11.5. The SMILES string of the molecule is CC(C)(C)CN(CCC(COC=O)COC=O)CC(=O)O. The third-order valence-electron chi connectivity index (χ3n) is 2.71. The largest absolute Gasteiger partial charge is 0.480 e. The number of nitrogens with zero attached hydrogens (tertiary/aromatic N) is 1. The molecule has 0 heterocycles. The van der Waals surface area contributed by atoms with Crippen molar-refractivity contribution in [3.05, 3.63) is 0 Å². The van der Waals surface area contributed by atoms with E-state index in [9.17, 15) is 14.4 Å². The highest BCUT2D eigenvalue weighted by molar-refractivity contribution is 5.69. The molecule has 0 saturated heterocycles. The Bertz CT molecular complexity index is 314. The van der Waals surface area contributed by atoms with Crippen molar-refractivity contribution in [2.45, 2.75) is 27.2 Å². The molecule has 0 saturated carbocycles. The first-order chi connectivity index (χ1) is 9.78. The van der Waals surface area contributed by atoms with E-state index in [4.69, 9.17) is 14.6 Å². The van der Waals surface area contributed by atoms with Crippen LogP contribution in [0.25, 0.3) is 0 Å². The molecule has 0 atom stereocenters. The lowest BCUT2D eigenvalue weighted by molar-refractivity contribution is -0.138. The predicted octanol–water partition coefficient (Wildman–Crippen LogP) is 0.771. The Kier molecular flexibility index (Phi) is 9.36. The maximum Gasteiger partial charge on any atom is 0.317 e. The fourth-order valence-electron chi connectivity index (χ4n) is 2.01. The zero-order valence-corrected chi connectivity index (χ0v) is 12.9. The molecule has 0 aromatic rings. The average molecular weight is 303 g/mol. The number of rotatable bonds is 12. The molecular weight excluding hydrogens is 278 g/mol. The monoisotopic (exact) mass is 303 g/mol. The first-order valence-corrected chi connectivity index (χ1v) is 6.83. The number of aliphatic carboxylic acids is 1. The summed E-state index contributed by atoms with van der Waals surface area (Å²) in [5, 5.41) is 8.95. The third-order valence-corrected chi connectivity index (χ3v) is 2.71. The van der Waals surface area contributed by atoms with Gasteiger partial charge in [-0.05, 0) is 18.4 Å². The van der Waals surface area contributed by atoms with E-state index in [0.717, 1.165) is 0 Å². The Morgan fingerprint density at radius 2 is 1.71 bits per heavy atom. The topological polar surface area (TPSA) is 93.1 Å². The van der Waals surface area contributed by atoms with Gasteiger partial charge in [-0.3, -0.25) is 19.3 Å². The van der Waals surface area contributed by atoms with Crippen molar-refractivity contribution in [1.29, 1.82) is 0 Å². The molecule has 0 fully saturated rings. The molecule has 0 unspecified atom stereocenters. The van der Waals surface area contributed by atoms with Crippen LogP contribution in [0, 0.1) is 11.3 Å². The Hall–Kier alpha value is -1.63. The first-order valence-electron chi connectivity index (χ1n) is 6.83. The van der Waals surface area contributed by atoms with Gasteiger partial charge >= 0.3 is 5.97 Å². The van der Waals surface area contributed by atoms with Gasteiger partial charge in [-0.2, -0.15) is 0 Å². The number of carbonyl (C=O) groups excluding carboxylic acids is 2. The van der Waals surface area contributed by atoms with Gasteiger partial charge in [0.25, 0.3) is 12.9 Å². The van der Waals surface area contributed by atoms with Gasteiger partial charge in [0.05, 0.1) is 19.8 Å². The van der Waals surface area contributed by atoms with Crippen molar-refractivity contribution in [2.75, 3.05) is 32.8 Å². The second-order valence-electron chi connectivity index (χ2n) is 6.18. The summed E-state index contributed by atoms with van der Waals surface area (Å²) in [5.74, 6) is -1.03. The van der Waals surface area contributed by atoms with Gasteiger partial charge in [-0.15, -0.1) is 0 Å². The molecule has 0 bridgehead atoms. The van der Waals surface area contributed by atoms with Crippen LogP contribution < -0.4 is 0 Å². The Morgan fingerprint density at radius 1 is 1.19 bits per heavy atom. The van der Waals surface area contributed by atoms with Gasteiger partial charge in [-0.1, -0.05) is 20.8 Å². The van der Waals surface area contributed by atoms with E-state index in [-0.39, 0.29) is 31.1 Å². The number of carboxylic acids is 1. The minimum Gasteiger partial charge on any atom is -0.480 e. The summed E-state index contributed by atoms with van der Waals surface area (Å²) in [6, 6.07) is 0. The lowest BCUT2D eigenvalue weighted by atomic mass is 9.95. The summed E-state index contributed by atoms with van der Waals surface area (Å²) in [6.45, 7) is 8.19. The Labute approximate surface area is 125 Å². The molecule has 122 valence electrons. The maximum atomic E-state index is 10.9. The molecule has 0 spiro atoms. The van der Waals surface area contributed by atoms with Crippen LogP contribution in [0.1, 0.15) is 27.2 Å². The summed E-state index contributed by atoms with van der Waals surface area (Å²) in [4.78, 5) is 33.2. The van der Waals surface area contributed by atoms with Gasteiger partial charge in [0.1, 0.15) is 0 Å². The lowest BCUT2D eigenvalue weighted by Crippen LogP contribution is -2.38. The summed E-state index contributed by atoms with van der Waals surface area (Å²) in [5.41, 5.74) is -0.0243. The molecule has 0 amide bonds. The van der Waals surface area contributed by atoms with E-state index >= 15 is 0 Å². The zero-order chi connectivity index (χ0) is 16.3. The maximum absolute atomic E-state index is 10.9. The highest BCUT2D eigenvalue weighted by Crippen LogP contribution is 2.16. The van der Waals surface area contributed by atoms with Gasteiger partial charge in [0.15, 0.2) is 0 Å². The second-order valence-corrected chi connectivity index (χ2v) is 6.18. The summed E-state index contributed by atoms with van der Waals surface area (Å²) >= 11 is 0. The van der Waals surface area contributed by atoms with Gasteiger partial charge in [0, 0.05) is 12.5 Å². The van der Waals surface area contributed by atoms with Gasteiger partial charge in [-0.25, -0.2) is 0 Å². The highest BCUT2D eigenvalue weighted by Gasteiger charge is 2.20. The van der Waals surface area contributed by atoms with Crippen molar-refractivity contribution in [3.63, 3.8) is 0 Å². The van der Waals surface area contributed by atoms with E-state index in [1.807, 2.05) is 25.7 Å². The van der Waals surface area contributed by atoms with Crippen LogP contribution in [0.5, 0.6) is 0 Å².